The van der Waals surface area contributed by atoms with Gasteiger partial charge in [0.15, 0.2) is 0 Å². The van der Waals surface area contributed by atoms with Gasteiger partial charge in [-0.1, -0.05) is 13.3 Å². The first kappa shape index (κ1) is 20.2. The van der Waals surface area contributed by atoms with E-state index in [-0.39, 0.29) is 11.5 Å². The molecule has 2 aromatic rings. The van der Waals surface area contributed by atoms with Crippen molar-refractivity contribution >= 4 is 16.9 Å². The van der Waals surface area contributed by atoms with Gasteiger partial charge in [0.05, 0.1) is 5.69 Å². The van der Waals surface area contributed by atoms with Crippen LogP contribution in [0.2, 0.25) is 0 Å². The number of unbranched alkanes of at least 4 members (excludes halogenated alkanes) is 1. The maximum Gasteiger partial charge on any atom is 0.253 e. The smallest absolute Gasteiger partial charge is 0.253 e. The number of pyridine rings is 1. The van der Waals surface area contributed by atoms with Crippen molar-refractivity contribution in [3.8, 4) is 0 Å². The lowest BCUT2D eigenvalue weighted by atomic mass is 10.0. The van der Waals surface area contributed by atoms with Crippen LogP contribution in [-0.2, 0) is 23.0 Å². The van der Waals surface area contributed by atoms with Crippen LogP contribution in [0.5, 0.6) is 0 Å². The van der Waals surface area contributed by atoms with Gasteiger partial charge in [-0.2, -0.15) is 5.10 Å². The fourth-order valence-electron chi connectivity index (χ4n) is 3.13. The molecule has 2 heterocycles. The SMILES string of the molecule is CCCCOCCCNC(=O)CCc1c(C)c2c(C)nn(C)c2[nH]c1=O. The molecule has 0 aromatic carbocycles. The van der Waals surface area contributed by atoms with Crippen molar-refractivity contribution in [3.63, 3.8) is 0 Å². The number of ether oxygens (including phenoxy) is 1. The molecule has 0 atom stereocenters. The number of aryl methyl sites for hydroxylation is 3. The molecule has 0 spiro atoms. The molecule has 0 aliphatic carbocycles. The highest BCUT2D eigenvalue weighted by Gasteiger charge is 2.15. The van der Waals surface area contributed by atoms with Crippen LogP contribution in [0.3, 0.4) is 0 Å². The fourth-order valence-corrected chi connectivity index (χ4v) is 3.13. The molecular weight excluding hydrogens is 332 g/mol. The number of carbonyl (C=O) groups excluding carboxylic acids is 1. The zero-order chi connectivity index (χ0) is 19.1. The maximum absolute atomic E-state index is 12.4. The van der Waals surface area contributed by atoms with Crippen molar-refractivity contribution in [2.45, 2.75) is 52.9 Å². The number of nitrogens with zero attached hydrogens (tertiary/aromatic N) is 2. The van der Waals surface area contributed by atoms with E-state index >= 15 is 0 Å². The highest BCUT2D eigenvalue weighted by Crippen LogP contribution is 2.21. The van der Waals surface area contributed by atoms with E-state index in [0.717, 1.165) is 48.2 Å². The summed E-state index contributed by atoms with van der Waals surface area (Å²) in [6.07, 6.45) is 3.71. The molecule has 2 N–H and O–H groups in total. The second-order valence-electron chi connectivity index (χ2n) is 6.66. The number of amides is 1. The Morgan fingerprint density at radius 3 is 2.73 bits per heavy atom. The number of hydrogen-bond acceptors (Lipinski definition) is 4. The monoisotopic (exact) mass is 362 g/mol. The maximum atomic E-state index is 12.4. The van der Waals surface area contributed by atoms with Crippen LogP contribution in [0.15, 0.2) is 4.79 Å². The Labute approximate surface area is 154 Å². The molecule has 0 saturated heterocycles. The van der Waals surface area contributed by atoms with Crippen molar-refractivity contribution in [2.75, 3.05) is 19.8 Å². The molecule has 0 aliphatic rings. The van der Waals surface area contributed by atoms with Gasteiger partial charge >= 0.3 is 0 Å². The Morgan fingerprint density at radius 2 is 2.00 bits per heavy atom. The summed E-state index contributed by atoms with van der Waals surface area (Å²) in [5.41, 5.74) is 3.03. The second kappa shape index (κ2) is 9.52. The Hall–Kier alpha value is -2.15. The van der Waals surface area contributed by atoms with E-state index in [2.05, 4.69) is 22.3 Å². The molecule has 0 unspecified atom stereocenters. The van der Waals surface area contributed by atoms with Gasteiger partial charge in [0.1, 0.15) is 5.65 Å². The first-order valence-corrected chi connectivity index (χ1v) is 9.35. The minimum absolute atomic E-state index is 0.0413. The molecule has 26 heavy (non-hydrogen) atoms. The van der Waals surface area contributed by atoms with Crippen molar-refractivity contribution < 1.29 is 9.53 Å². The Morgan fingerprint density at radius 1 is 1.27 bits per heavy atom. The molecule has 7 heteroatoms. The predicted octanol–water partition coefficient (Wildman–Crippen LogP) is 2.13. The summed E-state index contributed by atoms with van der Waals surface area (Å²) in [5.74, 6) is -0.0413. The summed E-state index contributed by atoms with van der Waals surface area (Å²) >= 11 is 0. The van der Waals surface area contributed by atoms with Crippen molar-refractivity contribution in [1.82, 2.24) is 20.1 Å². The fraction of sp³-hybridized carbons (Fsp3) is 0.632. The van der Waals surface area contributed by atoms with E-state index in [1.54, 1.807) is 4.68 Å². The quantitative estimate of drug-likeness (QED) is 0.634. The van der Waals surface area contributed by atoms with Crippen LogP contribution in [0.4, 0.5) is 0 Å². The molecular formula is C19H30N4O3. The topological polar surface area (TPSA) is 89.0 Å². The van der Waals surface area contributed by atoms with Gasteiger partial charge in [0.2, 0.25) is 5.91 Å². The Balaban J connectivity index is 1.86. The van der Waals surface area contributed by atoms with Gasteiger partial charge in [-0.25, -0.2) is 0 Å². The van der Waals surface area contributed by atoms with Crippen molar-refractivity contribution in [1.29, 1.82) is 0 Å². The lowest BCUT2D eigenvalue weighted by molar-refractivity contribution is -0.121. The highest BCUT2D eigenvalue weighted by molar-refractivity contribution is 5.83. The molecule has 0 aliphatic heterocycles. The van der Waals surface area contributed by atoms with E-state index in [4.69, 9.17) is 4.74 Å². The standard InChI is InChI=1S/C19H30N4O3/c1-5-6-11-26-12-7-10-20-16(24)9-8-15-13(2)17-14(3)22-23(4)18(17)21-19(15)25/h5-12H2,1-4H3,(H,20,24)(H,21,25). The van der Waals surface area contributed by atoms with Crippen LogP contribution < -0.4 is 10.9 Å². The molecule has 7 nitrogen and oxygen atoms in total. The number of H-pyrrole nitrogens is 1. The lowest BCUT2D eigenvalue weighted by Crippen LogP contribution is -2.26. The Bertz CT molecular complexity index is 807. The first-order valence-electron chi connectivity index (χ1n) is 9.35. The minimum Gasteiger partial charge on any atom is -0.381 e. The van der Waals surface area contributed by atoms with Gasteiger partial charge in [-0.15, -0.1) is 0 Å². The molecule has 0 bridgehead atoms. The number of hydrogen-bond donors (Lipinski definition) is 2. The van der Waals surface area contributed by atoms with E-state index in [9.17, 15) is 9.59 Å². The van der Waals surface area contributed by atoms with Crippen LogP contribution in [0, 0.1) is 13.8 Å². The molecule has 1 amide bonds. The molecule has 2 rings (SSSR count). The minimum atomic E-state index is -0.143. The van der Waals surface area contributed by atoms with Gasteiger partial charge in [0.25, 0.3) is 5.56 Å². The Kier molecular flexibility index (Phi) is 7.38. The van der Waals surface area contributed by atoms with Gasteiger partial charge in [-0.05, 0) is 38.7 Å². The normalized spacial score (nSPS) is 11.2. The van der Waals surface area contributed by atoms with E-state index in [1.807, 2.05) is 20.9 Å². The number of aromatic amines is 1. The second-order valence-corrected chi connectivity index (χ2v) is 6.66. The number of rotatable bonds is 10. The van der Waals surface area contributed by atoms with Crippen LogP contribution in [0.25, 0.3) is 11.0 Å². The average molecular weight is 362 g/mol. The first-order chi connectivity index (χ1) is 12.5. The van der Waals surface area contributed by atoms with Crippen LogP contribution >= 0.6 is 0 Å². The number of aromatic nitrogens is 3. The van der Waals surface area contributed by atoms with Gasteiger partial charge in [0, 0.05) is 44.2 Å². The van der Waals surface area contributed by atoms with Gasteiger partial charge < -0.3 is 15.0 Å². The molecule has 0 radical (unpaired) electrons. The van der Waals surface area contributed by atoms with Gasteiger partial charge in [-0.3, -0.25) is 14.3 Å². The molecule has 0 fully saturated rings. The third-order valence-electron chi connectivity index (χ3n) is 4.59. The number of fused-ring (bicyclic) bond motifs is 1. The number of nitrogens with one attached hydrogen (secondary N) is 2. The molecule has 144 valence electrons. The zero-order valence-corrected chi connectivity index (χ0v) is 16.3. The van der Waals surface area contributed by atoms with E-state index in [0.29, 0.717) is 31.6 Å². The zero-order valence-electron chi connectivity index (χ0n) is 16.3. The molecule has 0 saturated carbocycles. The van der Waals surface area contributed by atoms with Crippen LogP contribution in [-0.4, -0.2) is 40.4 Å². The summed E-state index contributed by atoms with van der Waals surface area (Å²) in [5, 5.41) is 8.21. The average Bonchev–Trinajstić information content (AvgIpc) is 2.87. The van der Waals surface area contributed by atoms with Crippen LogP contribution in [0.1, 0.15) is 49.4 Å². The summed E-state index contributed by atoms with van der Waals surface area (Å²) in [6.45, 7) is 8.02. The molecule has 2 aromatic heterocycles. The lowest BCUT2D eigenvalue weighted by Gasteiger charge is -2.08. The third kappa shape index (κ3) is 4.94. The highest BCUT2D eigenvalue weighted by atomic mass is 16.5. The summed E-state index contributed by atoms with van der Waals surface area (Å²) in [6, 6.07) is 0. The van der Waals surface area contributed by atoms with E-state index in [1.165, 1.54) is 0 Å². The third-order valence-corrected chi connectivity index (χ3v) is 4.59. The van der Waals surface area contributed by atoms with E-state index < -0.39 is 0 Å². The summed E-state index contributed by atoms with van der Waals surface area (Å²) in [7, 11) is 1.81. The van der Waals surface area contributed by atoms with Crippen molar-refractivity contribution in [3.05, 3.63) is 27.2 Å². The summed E-state index contributed by atoms with van der Waals surface area (Å²) in [4.78, 5) is 27.3. The predicted molar refractivity (Wildman–Crippen MR) is 102 cm³/mol. The largest absolute Gasteiger partial charge is 0.381 e. The number of carbonyl (C=O) groups is 1. The van der Waals surface area contributed by atoms with Crippen molar-refractivity contribution in [2.24, 2.45) is 7.05 Å². The summed E-state index contributed by atoms with van der Waals surface area (Å²) < 4.78 is 7.14.